The number of hydrogen-bond acceptors (Lipinski definition) is 3. The third-order valence-electron chi connectivity index (χ3n) is 3.57. The van der Waals surface area contributed by atoms with Crippen LogP contribution in [0.25, 0.3) is 0 Å². The Labute approximate surface area is 145 Å². The molecule has 0 fully saturated rings. The van der Waals surface area contributed by atoms with Crippen LogP contribution in [0.4, 0.5) is 10.1 Å². The fourth-order valence-electron chi connectivity index (χ4n) is 2.15. The maximum atomic E-state index is 12.9. The van der Waals surface area contributed by atoms with Crippen LogP contribution in [0.2, 0.25) is 0 Å². The fourth-order valence-corrected chi connectivity index (χ4v) is 2.15. The van der Waals surface area contributed by atoms with Crippen molar-refractivity contribution in [3.8, 4) is 5.75 Å². The van der Waals surface area contributed by atoms with Gasteiger partial charge in [-0.05, 0) is 61.0 Å². The minimum Gasteiger partial charge on any atom is -0.423 e. The van der Waals surface area contributed by atoms with Crippen LogP contribution in [0.5, 0.6) is 5.75 Å². The molecule has 4 heteroatoms. The smallest absolute Gasteiger partial charge is 0.343 e. The second kappa shape index (κ2) is 7.53. The van der Waals surface area contributed by atoms with E-state index >= 15 is 0 Å². The molecule has 0 aliphatic rings. The summed E-state index contributed by atoms with van der Waals surface area (Å²) in [6.07, 6.45) is 1.74. The first-order chi connectivity index (χ1) is 12.1. The molecule has 3 aromatic rings. The average molecular weight is 333 g/mol. The van der Waals surface area contributed by atoms with Gasteiger partial charge in [-0.15, -0.1) is 0 Å². The molecule has 0 bridgehead atoms. The van der Waals surface area contributed by atoms with E-state index in [1.165, 1.54) is 29.8 Å². The van der Waals surface area contributed by atoms with Gasteiger partial charge in [0.25, 0.3) is 0 Å². The van der Waals surface area contributed by atoms with Gasteiger partial charge >= 0.3 is 5.97 Å². The molecule has 3 rings (SSSR count). The van der Waals surface area contributed by atoms with Gasteiger partial charge < -0.3 is 4.74 Å². The van der Waals surface area contributed by atoms with Crippen molar-refractivity contribution in [2.24, 2.45) is 4.99 Å². The van der Waals surface area contributed by atoms with E-state index in [2.05, 4.69) is 4.99 Å². The first-order valence-corrected chi connectivity index (χ1v) is 7.79. The maximum absolute atomic E-state index is 12.9. The summed E-state index contributed by atoms with van der Waals surface area (Å²) in [6.45, 7) is 2.03. The van der Waals surface area contributed by atoms with Gasteiger partial charge in [-0.25, -0.2) is 9.18 Å². The monoisotopic (exact) mass is 333 g/mol. The maximum Gasteiger partial charge on any atom is 0.343 e. The molecule has 0 N–H and O–H groups in total. The average Bonchev–Trinajstić information content (AvgIpc) is 2.63. The number of aliphatic imine (C=N–C) groups is 1. The van der Waals surface area contributed by atoms with Crippen molar-refractivity contribution < 1.29 is 13.9 Å². The minimum atomic E-state index is -0.492. The van der Waals surface area contributed by atoms with E-state index in [0.717, 1.165) is 11.3 Å². The topological polar surface area (TPSA) is 38.7 Å². The summed E-state index contributed by atoms with van der Waals surface area (Å²) < 4.78 is 18.1. The predicted octanol–water partition coefficient (Wildman–Crippen LogP) is 5.10. The summed E-state index contributed by atoms with van der Waals surface area (Å²) in [4.78, 5) is 16.5. The molecule has 3 aromatic carbocycles. The van der Waals surface area contributed by atoms with Crippen LogP contribution in [0.1, 0.15) is 21.5 Å². The van der Waals surface area contributed by atoms with Gasteiger partial charge in [0, 0.05) is 6.21 Å². The van der Waals surface area contributed by atoms with Gasteiger partial charge in [-0.1, -0.05) is 29.8 Å². The van der Waals surface area contributed by atoms with E-state index in [0.29, 0.717) is 11.3 Å². The number of carbonyl (C=O) groups is 1. The molecule has 0 heterocycles. The minimum absolute atomic E-state index is 0.302. The molecular formula is C21H16FNO2. The number of rotatable bonds is 4. The third-order valence-corrected chi connectivity index (χ3v) is 3.57. The lowest BCUT2D eigenvalue weighted by Crippen LogP contribution is -2.08. The molecule has 0 saturated carbocycles. The van der Waals surface area contributed by atoms with Crippen molar-refractivity contribution in [2.75, 3.05) is 0 Å². The molecule has 0 unspecified atom stereocenters. The van der Waals surface area contributed by atoms with Gasteiger partial charge in [0.15, 0.2) is 0 Å². The molecule has 0 amide bonds. The zero-order chi connectivity index (χ0) is 17.6. The standard InChI is InChI=1S/C21H16FNO2/c1-15-2-10-19(11-3-15)23-14-16-4-6-17(7-5-16)21(24)25-20-12-8-18(22)9-13-20/h2-14H,1H3. The second-order valence-electron chi connectivity index (χ2n) is 5.56. The molecule has 0 saturated heterocycles. The second-order valence-corrected chi connectivity index (χ2v) is 5.56. The Bertz CT molecular complexity index is 883. The summed E-state index contributed by atoms with van der Waals surface area (Å²) >= 11 is 0. The van der Waals surface area contributed by atoms with Crippen molar-refractivity contribution >= 4 is 17.9 Å². The first-order valence-electron chi connectivity index (χ1n) is 7.79. The number of ether oxygens (including phenoxy) is 1. The Morgan fingerprint density at radius 2 is 1.56 bits per heavy atom. The van der Waals surface area contributed by atoms with Gasteiger partial charge in [-0.3, -0.25) is 4.99 Å². The highest BCUT2D eigenvalue weighted by molar-refractivity contribution is 5.92. The zero-order valence-electron chi connectivity index (χ0n) is 13.6. The number of halogens is 1. The van der Waals surface area contributed by atoms with Crippen LogP contribution in [-0.4, -0.2) is 12.2 Å². The van der Waals surface area contributed by atoms with Crippen molar-refractivity contribution in [3.05, 3.63) is 95.3 Å². The normalized spacial score (nSPS) is 10.8. The molecule has 0 aliphatic carbocycles. The Balaban J connectivity index is 1.66. The van der Waals surface area contributed by atoms with E-state index in [1.54, 1.807) is 30.5 Å². The third kappa shape index (κ3) is 4.61. The number of esters is 1. The van der Waals surface area contributed by atoms with Gasteiger partial charge in [0.05, 0.1) is 11.3 Å². The molecule has 0 spiro atoms. The summed E-state index contributed by atoms with van der Waals surface area (Å²) in [5.41, 5.74) is 3.34. The fraction of sp³-hybridized carbons (Fsp3) is 0.0476. The van der Waals surface area contributed by atoms with Crippen molar-refractivity contribution in [1.29, 1.82) is 0 Å². The quantitative estimate of drug-likeness (QED) is 0.378. The lowest BCUT2D eigenvalue weighted by molar-refractivity contribution is 0.0734. The van der Waals surface area contributed by atoms with Crippen LogP contribution < -0.4 is 4.74 Å². The van der Waals surface area contributed by atoms with E-state index in [9.17, 15) is 9.18 Å². The van der Waals surface area contributed by atoms with E-state index < -0.39 is 5.97 Å². The first kappa shape index (κ1) is 16.6. The predicted molar refractivity (Wildman–Crippen MR) is 96.2 cm³/mol. The number of nitrogens with zero attached hydrogens (tertiary/aromatic N) is 1. The van der Waals surface area contributed by atoms with Crippen LogP contribution in [0, 0.1) is 12.7 Å². The van der Waals surface area contributed by atoms with Crippen LogP contribution in [-0.2, 0) is 0 Å². The molecule has 3 nitrogen and oxygen atoms in total. The van der Waals surface area contributed by atoms with E-state index in [-0.39, 0.29) is 5.82 Å². The molecule has 25 heavy (non-hydrogen) atoms. The largest absolute Gasteiger partial charge is 0.423 e. The summed E-state index contributed by atoms with van der Waals surface area (Å²) in [6, 6.07) is 20.1. The van der Waals surface area contributed by atoms with Gasteiger partial charge in [-0.2, -0.15) is 0 Å². The lowest BCUT2D eigenvalue weighted by Gasteiger charge is -2.04. The molecule has 124 valence electrons. The Hall–Kier alpha value is -3.27. The summed E-state index contributed by atoms with van der Waals surface area (Å²) in [7, 11) is 0. The Morgan fingerprint density at radius 1 is 0.920 bits per heavy atom. The highest BCUT2D eigenvalue weighted by Crippen LogP contribution is 2.15. The molecule has 0 radical (unpaired) electrons. The van der Waals surface area contributed by atoms with E-state index in [4.69, 9.17) is 4.74 Å². The molecule has 0 aliphatic heterocycles. The lowest BCUT2D eigenvalue weighted by atomic mass is 10.1. The highest BCUT2D eigenvalue weighted by atomic mass is 19.1. The Kier molecular flexibility index (Phi) is 5.00. The summed E-state index contributed by atoms with van der Waals surface area (Å²) in [5, 5.41) is 0. The van der Waals surface area contributed by atoms with Crippen molar-refractivity contribution in [2.45, 2.75) is 6.92 Å². The number of carbonyl (C=O) groups excluding carboxylic acids is 1. The van der Waals surface area contributed by atoms with Crippen molar-refractivity contribution in [1.82, 2.24) is 0 Å². The van der Waals surface area contributed by atoms with Crippen LogP contribution in [0.15, 0.2) is 77.8 Å². The van der Waals surface area contributed by atoms with Crippen molar-refractivity contribution in [3.63, 3.8) is 0 Å². The van der Waals surface area contributed by atoms with Gasteiger partial charge in [0.1, 0.15) is 11.6 Å². The molecule has 0 aromatic heterocycles. The zero-order valence-corrected chi connectivity index (χ0v) is 13.6. The van der Waals surface area contributed by atoms with Gasteiger partial charge in [0.2, 0.25) is 0 Å². The summed E-state index contributed by atoms with van der Waals surface area (Å²) in [5.74, 6) is -0.568. The SMILES string of the molecule is Cc1ccc(N=Cc2ccc(C(=O)Oc3ccc(F)cc3)cc2)cc1. The Morgan fingerprint density at radius 3 is 2.20 bits per heavy atom. The highest BCUT2D eigenvalue weighted by Gasteiger charge is 2.08. The molecular weight excluding hydrogens is 317 g/mol. The van der Waals surface area contributed by atoms with Crippen LogP contribution >= 0.6 is 0 Å². The van der Waals surface area contributed by atoms with Crippen LogP contribution in [0.3, 0.4) is 0 Å². The number of hydrogen-bond donors (Lipinski definition) is 0. The molecule has 0 atom stereocenters. The van der Waals surface area contributed by atoms with E-state index in [1.807, 2.05) is 31.2 Å². The number of aryl methyl sites for hydroxylation is 1. The number of benzene rings is 3.